The van der Waals surface area contributed by atoms with Crippen LogP contribution in [0.5, 0.6) is 0 Å². The molecular weight excluding hydrogens is 270 g/mol. The Morgan fingerprint density at radius 2 is 1.85 bits per heavy atom. The van der Waals surface area contributed by atoms with Gasteiger partial charge in [0.25, 0.3) is 0 Å². The Morgan fingerprint density at radius 1 is 1.20 bits per heavy atom. The minimum atomic E-state index is 0.285. The SMILES string of the molecule is CC(C)c1nn(C)cc1CNC(C)c1ccc(Cl)cc1. The van der Waals surface area contributed by atoms with Crippen molar-refractivity contribution < 1.29 is 0 Å². The fourth-order valence-electron chi connectivity index (χ4n) is 2.31. The summed E-state index contributed by atoms with van der Waals surface area (Å²) >= 11 is 5.92. The van der Waals surface area contributed by atoms with E-state index in [0.717, 1.165) is 11.6 Å². The molecule has 0 radical (unpaired) electrons. The van der Waals surface area contributed by atoms with Gasteiger partial charge in [-0.2, -0.15) is 5.10 Å². The first-order valence-electron chi connectivity index (χ1n) is 6.98. The number of halogens is 1. The summed E-state index contributed by atoms with van der Waals surface area (Å²) in [6, 6.07) is 8.27. The number of hydrogen-bond acceptors (Lipinski definition) is 2. The van der Waals surface area contributed by atoms with Crippen LogP contribution in [0.2, 0.25) is 5.02 Å². The Labute approximate surface area is 126 Å². The van der Waals surface area contributed by atoms with E-state index in [4.69, 9.17) is 11.6 Å². The predicted octanol–water partition coefficient (Wildman–Crippen LogP) is 4.05. The Morgan fingerprint density at radius 3 is 2.45 bits per heavy atom. The van der Waals surface area contributed by atoms with E-state index in [0.29, 0.717) is 5.92 Å². The van der Waals surface area contributed by atoms with Crippen molar-refractivity contribution in [2.24, 2.45) is 7.05 Å². The summed E-state index contributed by atoms with van der Waals surface area (Å²) < 4.78 is 1.89. The lowest BCUT2D eigenvalue weighted by Crippen LogP contribution is -2.18. The summed E-state index contributed by atoms with van der Waals surface area (Å²) in [4.78, 5) is 0. The Kier molecular flexibility index (Phi) is 4.84. The van der Waals surface area contributed by atoms with Crippen LogP contribution in [0.4, 0.5) is 0 Å². The number of nitrogens with one attached hydrogen (secondary N) is 1. The number of benzene rings is 1. The van der Waals surface area contributed by atoms with Gasteiger partial charge in [-0.1, -0.05) is 37.6 Å². The van der Waals surface area contributed by atoms with Crippen molar-refractivity contribution in [1.82, 2.24) is 15.1 Å². The highest BCUT2D eigenvalue weighted by Crippen LogP contribution is 2.20. The van der Waals surface area contributed by atoms with Gasteiger partial charge in [0.1, 0.15) is 0 Å². The molecule has 4 heteroatoms. The van der Waals surface area contributed by atoms with Crippen molar-refractivity contribution in [3.8, 4) is 0 Å². The lowest BCUT2D eigenvalue weighted by Gasteiger charge is -2.15. The van der Waals surface area contributed by atoms with Crippen molar-refractivity contribution in [3.05, 3.63) is 52.3 Å². The van der Waals surface area contributed by atoms with E-state index in [9.17, 15) is 0 Å². The molecule has 20 heavy (non-hydrogen) atoms. The zero-order valence-corrected chi connectivity index (χ0v) is 13.3. The van der Waals surface area contributed by atoms with Gasteiger partial charge in [-0.25, -0.2) is 0 Å². The zero-order chi connectivity index (χ0) is 14.7. The van der Waals surface area contributed by atoms with Crippen LogP contribution in [0.15, 0.2) is 30.5 Å². The third-order valence-electron chi connectivity index (χ3n) is 3.45. The second kappa shape index (κ2) is 6.42. The molecule has 0 fully saturated rings. The highest BCUT2D eigenvalue weighted by molar-refractivity contribution is 6.30. The van der Waals surface area contributed by atoms with Gasteiger partial charge in [0.2, 0.25) is 0 Å². The average Bonchev–Trinajstić information content (AvgIpc) is 2.78. The van der Waals surface area contributed by atoms with E-state index >= 15 is 0 Å². The highest BCUT2D eigenvalue weighted by Gasteiger charge is 2.12. The van der Waals surface area contributed by atoms with Crippen LogP contribution < -0.4 is 5.32 Å². The van der Waals surface area contributed by atoms with E-state index in [-0.39, 0.29) is 6.04 Å². The molecule has 0 amide bonds. The number of hydrogen-bond donors (Lipinski definition) is 1. The number of aryl methyl sites for hydroxylation is 1. The molecule has 0 aliphatic heterocycles. The molecule has 2 aromatic rings. The van der Waals surface area contributed by atoms with Gasteiger partial charge in [0, 0.05) is 36.4 Å². The molecular formula is C16H22ClN3. The van der Waals surface area contributed by atoms with Gasteiger partial charge in [0.05, 0.1) is 5.69 Å². The maximum absolute atomic E-state index is 5.92. The first-order chi connectivity index (χ1) is 9.47. The quantitative estimate of drug-likeness (QED) is 0.901. The molecule has 0 bridgehead atoms. The topological polar surface area (TPSA) is 29.9 Å². The van der Waals surface area contributed by atoms with Gasteiger partial charge in [-0.05, 0) is 30.5 Å². The molecule has 0 aliphatic carbocycles. The zero-order valence-electron chi connectivity index (χ0n) is 12.5. The molecule has 0 aliphatic rings. The van der Waals surface area contributed by atoms with Crippen LogP contribution in [-0.2, 0) is 13.6 Å². The van der Waals surface area contributed by atoms with E-state index in [1.54, 1.807) is 0 Å². The van der Waals surface area contributed by atoms with Crippen molar-refractivity contribution in [2.75, 3.05) is 0 Å². The largest absolute Gasteiger partial charge is 0.306 e. The molecule has 0 saturated carbocycles. The summed E-state index contributed by atoms with van der Waals surface area (Å²) in [6.45, 7) is 7.34. The third kappa shape index (κ3) is 3.62. The second-order valence-corrected chi connectivity index (χ2v) is 5.96. The fourth-order valence-corrected chi connectivity index (χ4v) is 2.44. The molecule has 1 unspecified atom stereocenters. The van der Waals surface area contributed by atoms with Crippen LogP contribution in [-0.4, -0.2) is 9.78 Å². The molecule has 0 spiro atoms. The van der Waals surface area contributed by atoms with Gasteiger partial charge in [-0.15, -0.1) is 0 Å². The normalized spacial score (nSPS) is 12.9. The lowest BCUT2D eigenvalue weighted by atomic mass is 10.1. The third-order valence-corrected chi connectivity index (χ3v) is 3.70. The van der Waals surface area contributed by atoms with Gasteiger partial charge < -0.3 is 5.32 Å². The Hall–Kier alpha value is -1.32. The van der Waals surface area contributed by atoms with Gasteiger partial charge >= 0.3 is 0 Å². The van der Waals surface area contributed by atoms with E-state index in [2.05, 4.69) is 49.5 Å². The van der Waals surface area contributed by atoms with Crippen LogP contribution >= 0.6 is 11.6 Å². The van der Waals surface area contributed by atoms with Gasteiger partial charge in [-0.3, -0.25) is 4.68 Å². The van der Waals surface area contributed by atoms with Crippen molar-refractivity contribution in [3.63, 3.8) is 0 Å². The summed E-state index contributed by atoms with van der Waals surface area (Å²) in [7, 11) is 1.97. The van der Waals surface area contributed by atoms with E-state index in [1.165, 1.54) is 16.8 Å². The highest BCUT2D eigenvalue weighted by atomic mass is 35.5. The van der Waals surface area contributed by atoms with Crippen LogP contribution in [0, 0.1) is 0 Å². The van der Waals surface area contributed by atoms with Crippen molar-refractivity contribution in [2.45, 2.75) is 39.3 Å². The van der Waals surface area contributed by atoms with E-state index in [1.807, 2.05) is 23.9 Å². The summed E-state index contributed by atoms with van der Waals surface area (Å²) in [5.41, 5.74) is 3.68. The molecule has 2 rings (SSSR count). The molecule has 1 aromatic heterocycles. The van der Waals surface area contributed by atoms with Crippen molar-refractivity contribution in [1.29, 1.82) is 0 Å². The summed E-state index contributed by atoms with van der Waals surface area (Å²) in [6.07, 6.45) is 2.09. The van der Waals surface area contributed by atoms with Gasteiger partial charge in [0.15, 0.2) is 0 Å². The maximum atomic E-state index is 5.92. The minimum absolute atomic E-state index is 0.285. The van der Waals surface area contributed by atoms with Crippen LogP contribution in [0.1, 0.15) is 49.6 Å². The Balaban J connectivity index is 2.03. The van der Waals surface area contributed by atoms with Crippen LogP contribution in [0.3, 0.4) is 0 Å². The standard InChI is InChI=1S/C16H22ClN3/c1-11(2)16-14(10-20(4)19-16)9-18-12(3)13-5-7-15(17)8-6-13/h5-8,10-12,18H,9H2,1-4H3. The Bertz CT molecular complexity index is 558. The minimum Gasteiger partial charge on any atom is -0.306 e. The maximum Gasteiger partial charge on any atom is 0.0694 e. The van der Waals surface area contributed by atoms with Crippen LogP contribution in [0.25, 0.3) is 0 Å². The lowest BCUT2D eigenvalue weighted by molar-refractivity contribution is 0.570. The first-order valence-corrected chi connectivity index (χ1v) is 7.36. The molecule has 108 valence electrons. The predicted molar refractivity (Wildman–Crippen MR) is 84.0 cm³/mol. The van der Waals surface area contributed by atoms with Crippen molar-refractivity contribution >= 4 is 11.6 Å². The summed E-state index contributed by atoms with van der Waals surface area (Å²) in [5.74, 6) is 0.443. The molecule has 1 heterocycles. The number of aromatic nitrogens is 2. The first kappa shape index (κ1) is 15.1. The second-order valence-electron chi connectivity index (χ2n) is 5.52. The number of nitrogens with zero attached hydrogens (tertiary/aromatic N) is 2. The summed E-state index contributed by atoms with van der Waals surface area (Å²) in [5, 5.41) is 8.85. The molecule has 3 nitrogen and oxygen atoms in total. The number of rotatable bonds is 5. The fraction of sp³-hybridized carbons (Fsp3) is 0.438. The molecule has 1 aromatic carbocycles. The molecule has 1 atom stereocenters. The molecule has 0 saturated heterocycles. The monoisotopic (exact) mass is 291 g/mol. The van der Waals surface area contributed by atoms with E-state index < -0.39 is 0 Å². The average molecular weight is 292 g/mol. The smallest absolute Gasteiger partial charge is 0.0694 e. The molecule has 1 N–H and O–H groups in total.